The Kier molecular flexibility index (Phi) is 6.69. The van der Waals surface area contributed by atoms with Gasteiger partial charge in [0.2, 0.25) is 21.8 Å². The van der Waals surface area contributed by atoms with E-state index in [1.165, 1.54) is 22.5 Å². The Bertz CT molecular complexity index is 1190. The van der Waals surface area contributed by atoms with Gasteiger partial charge in [-0.15, -0.1) is 6.58 Å². The molecule has 33 heavy (non-hydrogen) atoms. The van der Waals surface area contributed by atoms with Gasteiger partial charge >= 0.3 is 0 Å². The van der Waals surface area contributed by atoms with Gasteiger partial charge in [0.05, 0.1) is 17.1 Å². The molecule has 2 amide bonds. The maximum absolute atomic E-state index is 13.9. The first-order valence-electron chi connectivity index (χ1n) is 10.7. The summed E-state index contributed by atoms with van der Waals surface area (Å²) in [6.45, 7) is 4.59. The molecule has 2 aliphatic heterocycles. The van der Waals surface area contributed by atoms with Gasteiger partial charge in [0.1, 0.15) is 6.04 Å². The van der Waals surface area contributed by atoms with Crippen molar-refractivity contribution in [1.82, 2.24) is 14.2 Å². The molecule has 0 spiro atoms. The van der Waals surface area contributed by atoms with Gasteiger partial charge in [0.25, 0.3) is 0 Å². The van der Waals surface area contributed by atoms with Crippen LogP contribution in [-0.2, 0) is 21.4 Å². The molecular weight excluding hydrogens is 508 g/mol. The number of piperidine rings is 1. The topological polar surface area (TPSA) is 114 Å². The number of sulfonamides is 1. The maximum Gasteiger partial charge on any atom is 0.248 e. The number of carbonyl (C=O) groups is 2. The highest BCUT2D eigenvalue weighted by Gasteiger charge is 2.49. The first-order chi connectivity index (χ1) is 15.7. The number of amides is 2. The number of aromatic nitrogens is 1. The molecule has 0 radical (unpaired) electrons. The lowest BCUT2D eigenvalue weighted by Gasteiger charge is -2.40. The molecule has 4 rings (SSSR count). The zero-order valence-corrected chi connectivity index (χ0v) is 20.3. The van der Waals surface area contributed by atoms with Crippen LogP contribution in [0.3, 0.4) is 0 Å². The number of nitrogens with two attached hydrogens (primary N) is 1. The molecule has 3 unspecified atom stereocenters. The molecule has 10 heteroatoms. The summed E-state index contributed by atoms with van der Waals surface area (Å²) in [6.07, 6.45) is 5.18. The van der Waals surface area contributed by atoms with Crippen molar-refractivity contribution in [3.63, 3.8) is 0 Å². The van der Waals surface area contributed by atoms with Crippen molar-refractivity contribution >= 4 is 37.8 Å². The summed E-state index contributed by atoms with van der Waals surface area (Å²) in [5.41, 5.74) is 6.21. The minimum Gasteiger partial charge on any atom is -0.366 e. The number of fused-ring (bicyclic) bond motifs is 2. The van der Waals surface area contributed by atoms with E-state index in [2.05, 4.69) is 27.5 Å². The Hall–Kier alpha value is -2.56. The third-order valence-electron chi connectivity index (χ3n) is 6.25. The molecule has 3 heterocycles. The fraction of sp³-hybridized carbons (Fsp3) is 0.348. The minimum absolute atomic E-state index is 0.0728. The zero-order chi connectivity index (χ0) is 23.8. The lowest BCUT2D eigenvalue weighted by Crippen LogP contribution is -2.54. The highest BCUT2D eigenvalue weighted by Crippen LogP contribution is 2.38. The van der Waals surface area contributed by atoms with Crippen LogP contribution >= 0.6 is 15.9 Å². The Balaban J connectivity index is 1.77. The SMILES string of the molecule is C=CC1CN(Cc2ccccn2)C(=O)C2CCCC1N2S(=O)(=O)c1cc(Br)cc(C(N)=O)c1. The molecule has 3 atom stereocenters. The fourth-order valence-corrected chi connectivity index (χ4v) is 7.29. The maximum atomic E-state index is 13.9. The molecule has 2 N–H and O–H groups in total. The van der Waals surface area contributed by atoms with E-state index in [1.54, 1.807) is 23.2 Å². The predicted molar refractivity (Wildman–Crippen MR) is 126 cm³/mol. The summed E-state index contributed by atoms with van der Waals surface area (Å²) in [5, 5.41) is 0. The summed E-state index contributed by atoms with van der Waals surface area (Å²) in [7, 11) is -4.11. The smallest absolute Gasteiger partial charge is 0.248 e. The molecule has 2 bridgehead atoms. The van der Waals surface area contributed by atoms with Gasteiger partial charge < -0.3 is 10.6 Å². The molecule has 1 aromatic heterocycles. The number of pyridine rings is 1. The van der Waals surface area contributed by atoms with E-state index in [1.807, 2.05) is 12.1 Å². The van der Waals surface area contributed by atoms with Crippen molar-refractivity contribution in [1.29, 1.82) is 0 Å². The zero-order valence-electron chi connectivity index (χ0n) is 17.9. The van der Waals surface area contributed by atoms with E-state index >= 15 is 0 Å². The van der Waals surface area contributed by atoms with Gasteiger partial charge in [-0.25, -0.2) is 8.42 Å². The number of carbonyl (C=O) groups excluding carboxylic acids is 2. The largest absolute Gasteiger partial charge is 0.366 e. The van der Waals surface area contributed by atoms with Crippen molar-refractivity contribution in [3.05, 3.63) is 71.0 Å². The molecule has 0 saturated carbocycles. The van der Waals surface area contributed by atoms with Gasteiger partial charge in [-0.3, -0.25) is 14.6 Å². The first kappa shape index (κ1) is 23.6. The minimum atomic E-state index is -4.11. The third kappa shape index (κ3) is 4.60. The van der Waals surface area contributed by atoms with Gasteiger partial charge in [-0.2, -0.15) is 4.31 Å². The van der Waals surface area contributed by atoms with Crippen molar-refractivity contribution in [2.75, 3.05) is 6.54 Å². The lowest BCUT2D eigenvalue weighted by atomic mass is 9.90. The van der Waals surface area contributed by atoms with Crippen LogP contribution in [0.1, 0.15) is 35.3 Å². The van der Waals surface area contributed by atoms with Gasteiger partial charge in [0, 0.05) is 34.7 Å². The quantitative estimate of drug-likeness (QED) is 0.574. The number of hydrogen-bond donors (Lipinski definition) is 1. The van der Waals surface area contributed by atoms with Crippen LogP contribution in [-0.4, -0.2) is 53.0 Å². The Labute approximate surface area is 201 Å². The highest BCUT2D eigenvalue weighted by molar-refractivity contribution is 9.10. The van der Waals surface area contributed by atoms with E-state index < -0.39 is 28.0 Å². The summed E-state index contributed by atoms with van der Waals surface area (Å²) in [6, 6.07) is 8.42. The van der Waals surface area contributed by atoms with Crippen LogP contribution in [0.4, 0.5) is 0 Å². The molecule has 1 aromatic carbocycles. The summed E-state index contributed by atoms with van der Waals surface area (Å²) in [5.74, 6) is -1.23. The monoisotopic (exact) mass is 532 g/mol. The average molecular weight is 533 g/mol. The Morgan fingerprint density at radius 2 is 2.06 bits per heavy atom. The van der Waals surface area contributed by atoms with E-state index in [9.17, 15) is 18.0 Å². The molecule has 2 fully saturated rings. The standard InChI is InChI=1S/C23H25BrN4O4S/c1-2-15-13-27(14-18-6-3-4-9-26-18)23(30)21-8-5-7-20(15)28(21)33(31,32)19-11-16(22(25)29)10-17(24)12-19/h2-4,6,9-12,15,20-21H,1,5,7-8,13-14H2,(H2,25,29). The molecule has 174 valence electrons. The number of halogens is 1. The van der Waals surface area contributed by atoms with Crippen LogP contribution in [0, 0.1) is 5.92 Å². The highest BCUT2D eigenvalue weighted by atomic mass is 79.9. The number of rotatable bonds is 6. The Morgan fingerprint density at radius 3 is 2.73 bits per heavy atom. The van der Waals surface area contributed by atoms with Crippen LogP contribution in [0.2, 0.25) is 0 Å². The molecule has 2 aromatic rings. The normalized spacial score (nSPS) is 23.7. The molecular formula is C23H25BrN4O4S. The summed E-state index contributed by atoms with van der Waals surface area (Å²) < 4.78 is 29.5. The van der Waals surface area contributed by atoms with Gasteiger partial charge in [-0.05, 0) is 49.6 Å². The first-order valence-corrected chi connectivity index (χ1v) is 12.9. The number of benzene rings is 1. The average Bonchev–Trinajstić information content (AvgIpc) is 2.86. The summed E-state index contributed by atoms with van der Waals surface area (Å²) >= 11 is 3.27. The van der Waals surface area contributed by atoms with Crippen molar-refractivity contribution < 1.29 is 18.0 Å². The number of nitrogens with zero attached hydrogens (tertiary/aromatic N) is 3. The van der Waals surface area contributed by atoms with Crippen LogP contribution < -0.4 is 5.73 Å². The molecule has 2 saturated heterocycles. The van der Waals surface area contributed by atoms with E-state index in [-0.39, 0.29) is 22.3 Å². The van der Waals surface area contributed by atoms with Crippen LogP contribution in [0.5, 0.6) is 0 Å². The number of primary amides is 1. The second-order valence-electron chi connectivity index (χ2n) is 8.33. The van der Waals surface area contributed by atoms with Crippen molar-refractivity contribution in [3.8, 4) is 0 Å². The number of hydrogen-bond acceptors (Lipinski definition) is 5. The van der Waals surface area contributed by atoms with Gasteiger partial charge in [0.15, 0.2) is 0 Å². The third-order valence-corrected chi connectivity index (χ3v) is 8.62. The lowest BCUT2D eigenvalue weighted by molar-refractivity contribution is -0.135. The van der Waals surface area contributed by atoms with Crippen molar-refractivity contribution in [2.24, 2.45) is 11.7 Å². The van der Waals surface area contributed by atoms with Gasteiger partial charge in [-0.1, -0.05) is 28.1 Å². The molecule has 8 nitrogen and oxygen atoms in total. The molecule has 2 aliphatic rings. The van der Waals surface area contributed by atoms with Crippen molar-refractivity contribution in [2.45, 2.75) is 42.8 Å². The molecule has 0 aliphatic carbocycles. The fourth-order valence-electron chi connectivity index (χ4n) is 4.70. The predicted octanol–water partition coefficient (Wildman–Crippen LogP) is 2.70. The Morgan fingerprint density at radius 1 is 1.27 bits per heavy atom. The second kappa shape index (κ2) is 9.36. The van der Waals surface area contributed by atoms with E-state index in [0.29, 0.717) is 30.4 Å². The summed E-state index contributed by atoms with van der Waals surface area (Å²) in [4.78, 5) is 31.3. The van der Waals surface area contributed by atoms with E-state index in [4.69, 9.17) is 5.73 Å². The van der Waals surface area contributed by atoms with Crippen LogP contribution in [0.15, 0.2) is 64.6 Å². The van der Waals surface area contributed by atoms with E-state index in [0.717, 1.165) is 12.1 Å². The second-order valence-corrected chi connectivity index (χ2v) is 11.1. The van der Waals surface area contributed by atoms with Crippen LogP contribution in [0.25, 0.3) is 0 Å².